The lowest BCUT2D eigenvalue weighted by molar-refractivity contribution is -0.132. The molecule has 0 spiro atoms. The van der Waals surface area contributed by atoms with E-state index in [0.29, 0.717) is 37.6 Å². The maximum Gasteiger partial charge on any atom is 0.243 e. The monoisotopic (exact) mass is 359 g/mol. The van der Waals surface area contributed by atoms with E-state index in [4.69, 9.17) is 11.6 Å². The van der Waals surface area contributed by atoms with Gasteiger partial charge in [0.1, 0.15) is 0 Å². The zero-order valence-corrected chi connectivity index (χ0v) is 14.7. The highest BCUT2D eigenvalue weighted by Crippen LogP contribution is 2.21. The van der Waals surface area contributed by atoms with Crippen molar-refractivity contribution in [3.8, 4) is 0 Å². The molecule has 1 N–H and O–H groups in total. The number of piperazine rings is 1. The van der Waals surface area contributed by atoms with Gasteiger partial charge in [0.15, 0.2) is 0 Å². The number of benzene rings is 1. The summed E-state index contributed by atoms with van der Waals surface area (Å²) in [5, 5.41) is 3.40. The molecule has 0 saturated carbocycles. The number of halogens is 1. The van der Waals surface area contributed by atoms with Gasteiger partial charge in [-0.25, -0.2) is 8.42 Å². The molecular weight excluding hydrogens is 338 g/mol. The number of carbonyl (C=O) groups excluding carboxylic acids is 1. The molecule has 1 aliphatic rings. The molecule has 23 heavy (non-hydrogen) atoms. The van der Waals surface area contributed by atoms with Crippen molar-refractivity contribution >= 4 is 27.5 Å². The summed E-state index contributed by atoms with van der Waals surface area (Å²) in [5.74, 6) is 0.0834. The van der Waals surface area contributed by atoms with Crippen molar-refractivity contribution < 1.29 is 13.2 Å². The second kappa shape index (κ2) is 8.10. The van der Waals surface area contributed by atoms with Gasteiger partial charge in [-0.3, -0.25) is 4.79 Å². The van der Waals surface area contributed by atoms with Crippen LogP contribution in [0.1, 0.15) is 12.8 Å². The molecule has 1 amide bonds. The van der Waals surface area contributed by atoms with Crippen molar-refractivity contribution in [2.24, 2.45) is 0 Å². The second-order valence-electron chi connectivity index (χ2n) is 5.45. The number of rotatable bonds is 6. The lowest BCUT2D eigenvalue weighted by Crippen LogP contribution is -2.50. The fraction of sp³-hybridized carbons (Fsp3) is 0.533. The van der Waals surface area contributed by atoms with Gasteiger partial charge in [-0.05, 0) is 38.2 Å². The number of sulfonamides is 1. The summed E-state index contributed by atoms with van der Waals surface area (Å²) in [6.07, 6.45) is 1.28. The van der Waals surface area contributed by atoms with Crippen molar-refractivity contribution in [3.05, 3.63) is 29.3 Å². The molecule has 1 heterocycles. The Labute approximate surface area is 142 Å². The molecule has 0 aliphatic carbocycles. The zero-order chi connectivity index (χ0) is 16.9. The third-order valence-electron chi connectivity index (χ3n) is 3.84. The van der Waals surface area contributed by atoms with Gasteiger partial charge in [-0.15, -0.1) is 0 Å². The second-order valence-corrected chi connectivity index (χ2v) is 7.82. The molecule has 0 radical (unpaired) electrons. The van der Waals surface area contributed by atoms with Gasteiger partial charge in [0.05, 0.1) is 4.90 Å². The number of amides is 1. The van der Waals surface area contributed by atoms with Gasteiger partial charge in [-0.2, -0.15) is 4.31 Å². The predicted octanol–water partition coefficient (Wildman–Crippen LogP) is 1.17. The van der Waals surface area contributed by atoms with Crippen LogP contribution in [0.5, 0.6) is 0 Å². The normalized spacial score (nSPS) is 16.5. The lowest BCUT2D eigenvalue weighted by atomic mass is 10.2. The number of hydrogen-bond donors (Lipinski definition) is 1. The van der Waals surface area contributed by atoms with Crippen LogP contribution in [0, 0.1) is 0 Å². The first-order valence-electron chi connectivity index (χ1n) is 7.63. The van der Waals surface area contributed by atoms with Crippen molar-refractivity contribution in [3.63, 3.8) is 0 Å². The van der Waals surface area contributed by atoms with Crippen LogP contribution in [0.4, 0.5) is 0 Å². The summed E-state index contributed by atoms with van der Waals surface area (Å²) in [4.78, 5) is 14.0. The van der Waals surface area contributed by atoms with E-state index in [-0.39, 0.29) is 10.8 Å². The van der Waals surface area contributed by atoms with Gasteiger partial charge in [0, 0.05) is 37.6 Å². The fourth-order valence-electron chi connectivity index (χ4n) is 2.53. The minimum atomic E-state index is -3.55. The molecule has 0 atom stereocenters. The van der Waals surface area contributed by atoms with Crippen molar-refractivity contribution in [1.82, 2.24) is 14.5 Å². The summed E-state index contributed by atoms with van der Waals surface area (Å²) in [6, 6.07) is 6.25. The Hall–Kier alpha value is -1.15. The molecule has 1 aliphatic heterocycles. The summed E-state index contributed by atoms with van der Waals surface area (Å²) < 4.78 is 26.6. The minimum Gasteiger partial charge on any atom is -0.340 e. The van der Waals surface area contributed by atoms with Crippen LogP contribution >= 0.6 is 11.6 Å². The number of carbonyl (C=O) groups is 1. The lowest BCUT2D eigenvalue weighted by Gasteiger charge is -2.34. The Kier molecular flexibility index (Phi) is 6.41. The Morgan fingerprint density at radius 3 is 2.57 bits per heavy atom. The van der Waals surface area contributed by atoms with Crippen LogP contribution in [0.3, 0.4) is 0 Å². The Bertz CT molecular complexity index is 643. The van der Waals surface area contributed by atoms with Crippen LogP contribution in [-0.2, 0) is 14.8 Å². The molecule has 1 aromatic rings. The predicted molar refractivity (Wildman–Crippen MR) is 90.0 cm³/mol. The first-order valence-corrected chi connectivity index (χ1v) is 9.45. The average Bonchev–Trinajstić information content (AvgIpc) is 2.55. The van der Waals surface area contributed by atoms with E-state index in [1.807, 2.05) is 7.05 Å². The molecule has 1 fully saturated rings. The molecular formula is C15H22ClN3O3S. The summed E-state index contributed by atoms with van der Waals surface area (Å²) in [7, 11) is -1.70. The highest BCUT2D eigenvalue weighted by Gasteiger charge is 2.29. The number of hydrogen-bond acceptors (Lipinski definition) is 4. The third-order valence-corrected chi connectivity index (χ3v) is 5.97. The largest absolute Gasteiger partial charge is 0.340 e. The van der Waals surface area contributed by atoms with Crippen LogP contribution in [-0.4, -0.2) is 63.3 Å². The molecule has 8 heteroatoms. The van der Waals surface area contributed by atoms with E-state index in [1.54, 1.807) is 17.0 Å². The van der Waals surface area contributed by atoms with E-state index in [1.165, 1.54) is 16.4 Å². The Morgan fingerprint density at radius 2 is 1.96 bits per heavy atom. The van der Waals surface area contributed by atoms with Crippen molar-refractivity contribution in [2.75, 3.05) is 39.8 Å². The molecule has 6 nitrogen and oxygen atoms in total. The van der Waals surface area contributed by atoms with E-state index in [9.17, 15) is 13.2 Å². The van der Waals surface area contributed by atoms with Gasteiger partial charge in [0.25, 0.3) is 0 Å². The SMILES string of the molecule is CNCCCC(=O)N1CCN(S(=O)(=O)c2cccc(Cl)c2)CC1. The highest BCUT2D eigenvalue weighted by atomic mass is 35.5. The van der Waals surface area contributed by atoms with E-state index in [2.05, 4.69) is 5.32 Å². The summed E-state index contributed by atoms with van der Waals surface area (Å²) >= 11 is 5.87. The van der Waals surface area contributed by atoms with Crippen LogP contribution in [0.25, 0.3) is 0 Å². The molecule has 128 valence electrons. The van der Waals surface area contributed by atoms with E-state index >= 15 is 0 Å². The third kappa shape index (κ3) is 4.67. The summed E-state index contributed by atoms with van der Waals surface area (Å²) in [5.41, 5.74) is 0. The fourth-order valence-corrected chi connectivity index (χ4v) is 4.25. The van der Waals surface area contributed by atoms with Crippen LogP contribution in [0.15, 0.2) is 29.2 Å². The quantitative estimate of drug-likeness (QED) is 0.774. The van der Waals surface area contributed by atoms with E-state index < -0.39 is 10.0 Å². The number of nitrogens with zero attached hydrogens (tertiary/aromatic N) is 2. The van der Waals surface area contributed by atoms with Crippen LogP contribution < -0.4 is 5.32 Å². The molecule has 2 rings (SSSR count). The van der Waals surface area contributed by atoms with Crippen molar-refractivity contribution in [1.29, 1.82) is 0 Å². The molecule has 1 aromatic carbocycles. The first kappa shape index (κ1) is 18.2. The molecule has 1 saturated heterocycles. The molecule has 0 aromatic heterocycles. The zero-order valence-electron chi connectivity index (χ0n) is 13.2. The van der Waals surface area contributed by atoms with Gasteiger partial charge >= 0.3 is 0 Å². The standard InChI is InChI=1S/C15H22ClN3O3S/c1-17-7-3-6-15(20)18-8-10-19(11-9-18)23(21,22)14-5-2-4-13(16)12-14/h2,4-5,12,17H,3,6-11H2,1H3. The molecule has 0 unspecified atom stereocenters. The van der Waals surface area contributed by atoms with Gasteiger partial charge in [0.2, 0.25) is 15.9 Å². The maximum absolute atomic E-state index is 12.6. The van der Waals surface area contributed by atoms with E-state index in [0.717, 1.165) is 13.0 Å². The maximum atomic E-state index is 12.6. The topological polar surface area (TPSA) is 69.7 Å². The van der Waals surface area contributed by atoms with Gasteiger partial charge in [-0.1, -0.05) is 17.7 Å². The van der Waals surface area contributed by atoms with Crippen molar-refractivity contribution in [2.45, 2.75) is 17.7 Å². The number of nitrogens with one attached hydrogen (secondary N) is 1. The summed E-state index contributed by atoms with van der Waals surface area (Å²) in [6.45, 7) is 2.28. The first-order chi connectivity index (χ1) is 10.9. The Morgan fingerprint density at radius 1 is 1.26 bits per heavy atom. The highest BCUT2D eigenvalue weighted by molar-refractivity contribution is 7.89. The van der Waals surface area contributed by atoms with Gasteiger partial charge < -0.3 is 10.2 Å². The average molecular weight is 360 g/mol. The minimum absolute atomic E-state index is 0.0834. The Balaban J connectivity index is 1.94. The van der Waals surface area contributed by atoms with Crippen LogP contribution in [0.2, 0.25) is 5.02 Å². The molecule has 0 bridgehead atoms. The smallest absolute Gasteiger partial charge is 0.243 e.